The minimum Gasteiger partial charge on any atom is -0.399 e. The predicted octanol–water partition coefficient (Wildman–Crippen LogP) is 3.40. The third-order valence-electron chi connectivity index (χ3n) is 3.49. The van der Waals surface area contributed by atoms with Gasteiger partial charge >= 0.3 is 0 Å². The number of methoxy groups -OCH3 is 2. The molecule has 2 N–H and O–H groups in total. The molecule has 0 saturated heterocycles. The maximum atomic E-state index is 6.01. The number of hydrogen-bond donors (Lipinski definition) is 1. The number of aryl methyl sites for hydroxylation is 1. The maximum Gasteiger partial charge on any atom is 0.0637 e. The van der Waals surface area contributed by atoms with E-state index < -0.39 is 0 Å². The fourth-order valence-electron chi connectivity index (χ4n) is 2.35. The summed E-state index contributed by atoms with van der Waals surface area (Å²) in [6.07, 6.45) is 0. The molecule has 1 aromatic carbocycles. The summed E-state index contributed by atoms with van der Waals surface area (Å²) >= 11 is 1.75. The zero-order chi connectivity index (χ0) is 15.9. The van der Waals surface area contributed by atoms with Crippen LogP contribution >= 0.6 is 11.3 Å². The summed E-state index contributed by atoms with van der Waals surface area (Å²) < 4.78 is 10.5. The molecule has 0 atom stereocenters. The van der Waals surface area contributed by atoms with Gasteiger partial charge in [-0.2, -0.15) is 0 Å². The summed E-state index contributed by atoms with van der Waals surface area (Å²) in [6.45, 7) is 5.11. The number of nitrogens with zero attached hydrogens (tertiary/aromatic N) is 1. The normalized spacial score (nSPS) is 10.9. The number of nitrogens with two attached hydrogens (primary N) is 1. The van der Waals surface area contributed by atoms with Gasteiger partial charge in [0.15, 0.2) is 0 Å². The summed E-state index contributed by atoms with van der Waals surface area (Å²) in [7, 11) is 3.45. The van der Waals surface area contributed by atoms with Gasteiger partial charge in [0, 0.05) is 49.1 Å². The fourth-order valence-corrected chi connectivity index (χ4v) is 3.28. The molecule has 0 amide bonds. The highest BCUT2D eigenvalue weighted by Gasteiger charge is 2.14. The van der Waals surface area contributed by atoms with Crippen LogP contribution in [0.25, 0.3) is 10.4 Å². The van der Waals surface area contributed by atoms with Crippen LogP contribution in [0.3, 0.4) is 0 Å². The molecule has 0 fully saturated rings. The van der Waals surface area contributed by atoms with Gasteiger partial charge in [-0.05, 0) is 42.1 Å². The molecule has 0 bridgehead atoms. The first-order valence-corrected chi connectivity index (χ1v) is 8.21. The van der Waals surface area contributed by atoms with Gasteiger partial charge in [-0.3, -0.25) is 0 Å². The molecule has 0 aliphatic heterocycles. The van der Waals surface area contributed by atoms with Crippen LogP contribution in [0, 0.1) is 6.92 Å². The van der Waals surface area contributed by atoms with E-state index in [9.17, 15) is 0 Å². The van der Waals surface area contributed by atoms with Crippen LogP contribution in [0.4, 0.5) is 11.4 Å². The molecular weight excluding hydrogens is 296 g/mol. The van der Waals surface area contributed by atoms with Crippen molar-refractivity contribution in [3.63, 3.8) is 0 Å². The topological polar surface area (TPSA) is 47.7 Å². The molecule has 0 spiro atoms. The number of nitrogen functional groups attached to an aromatic ring is 1. The van der Waals surface area contributed by atoms with Gasteiger partial charge in [0.1, 0.15) is 0 Å². The first kappa shape index (κ1) is 16.8. The van der Waals surface area contributed by atoms with Crippen LogP contribution in [-0.2, 0) is 9.47 Å². The van der Waals surface area contributed by atoms with E-state index in [1.807, 2.05) is 12.1 Å². The molecule has 0 radical (unpaired) electrons. The molecule has 1 heterocycles. The first-order valence-electron chi connectivity index (χ1n) is 7.33. The minimum absolute atomic E-state index is 0.678. The number of anilines is 2. The molecule has 120 valence electrons. The smallest absolute Gasteiger partial charge is 0.0637 e. The van der Waals surface area contributed by atoms with Gasteiger partial charge in [-0.25, -0.2) is 0 Å². The zero-order valence-electron chi connectivity index (χ0n) is 13.5. The van der Waals surface area contributed by atoms with E-state index in [4.69, 9.17) is 15.2 Å². The molecule has 0 unspecified atom stereocenters. The van der Waals surface area contributed by atoms with E-state index in [2.05, 4.69) is 29.3 Å². The lowest BCUT2D eigenvalue weighted by Gasteiger charge is -2.26. The van der Waals surface area contributed by atoms with Gasteiger partial charge in [-0.15, -0.1) is 11.3 Å². The van der Waals surface area contributed by atoms with E-state index in [0.717, 1.165) is 18.8 Å². The van der Waals surface area contributed by atoms with Crippen molar-refractivity contribution in [2.24, 2.45) is 0 Å². The van der Waals surface area contributed by atoms with Crippen LogP contribution in [0.15, 0.2) is 29.6 Å². The quantitative estimate of drug-likeness (QED) is 0.757. The Balaban J connectivity index is 2.37. The lowest BCUT2D eigenvalue weighted by atomic mass is 10.1. The molecule has 2 aromatic rings. The second-order valence-electron chi connectivity index (χ2n) is 5.24. The average molecular weight is 320 g/mol. The van der Waals surface area contributed by atoms with E-state index in [-0.39, 0.29) is 0 Å². The summed E-state index contributed by atoms with van der Waals surface area (Å²) in [5, 5.41) is 2.16. The monoisotopic (exact) mass is 320 g/mol. The number of thiophene rings is 1. The Morgan fingerprint density at radius 1 is 1.09 bits per heavy atom. The van der Waals surface area contributed by atoms with Gasteiger partial charge in [0.05, 0.1) is 13.2 Å². The van der Waals surface area contributed by atoms with Crippen molar-refractivity contribution in [3.8, 4) is 10.4 Å². The Morgan fingerprint density at radius 3 is 2.32 bits per heavy atom. The van der Waals surface area contributed by atoms with Crippen LogP contribution < -0.4 is 10.6 Å². The maximum absolute atomic E-state index is 6.01. The van der Waals surface area contributed by atoms with Crippen molar-refractivity contribution in [3.05, 3.63) is 35.2 Å². The number of benzene rings is 1. The lowest BCUT2D eigenvalue weighted by molar-refractivity contribution is 0.190. The van der Waals surface area contributed by atoms with Crippen molar-refractivity contribution in [2.75, 3.05) is 51.2 Å². The zero-order valence-corrected chi connectivity index (χ0v) is 14.3. The molecule has 4 nitrogen and oxygen atoms in total. The third-order valence-corrected chi connectivity index (χ3v) is 4.57. The van der Waals surface area contributed by atoms with Crippen molar-refractivity contribution >= 4 is 22.7 Å². The lowest BCUT2D eigenvalue weighted by Crippen LogP contribution is -2.31. The summed E-state index contributed by atoms with van der Waals surface area (Å²) in [4.78, 5) is 3.52. The molecule has 0 aliphatic carbocycles. The highest BCUT2D eigenvalue weighted by atomic mass is 32.1. The second-order valence-corrected chi connectivity index (χ2v) is 6.15. The van der Waals surface area contributed by atoms with Gasteiger partial charge in [-0.1, -0.05) is 0 Å². The van der Waals surface area contributed by atoms with Gasteiger partial charge < -0.3 is 20.1 Å². The van der Waals surface area contributed by atoms with E-state index >= 15 is 0 Å². The third kappa shape index (κ3) is 4.22. The molecule has 5 heteroatoms. The molecule has 0 aliphatic rings. The molecule has 22 heavy (non-hydrogen) atoms. The molecule has 2 rings (SSSR count). The molecular formula is C17H24N2O2S. The number of rotatable bonds is 8. The van der Waals surface area contributed by atoms with Crippen molar-refractivity contribution in [1.29, 1.82) is 0 Å². The Bertz CT molecular complexity index is 590. The summed E-state index contributed by atoms with van der Waals surface area (Å²) in [6, 6.07) is 8.29. The van der Waals surface area contributed by atoms with Gasteiger partial charge in [0.25, 0.3) is 0 Å². The standard InChI is InChI=1S/C17H24N2O2S/c1-13-10-17(22-12-13)15-11-14(18)4-5-16(15)19(6-8-20-2)7-9-21-3/h4-5,10-12H,6-9,18H2,1-3H3. The highest BCUT2D eigenvalue weighted by molar-refractivity contribution is 7.13. The van der Waals surface area contributed by atoms with Crippen LogP contribution in [0.5, 0.6) is 0 Å². The first-order chi connectivity index (χ1) is 10.7. The van der Waals surface area contributed by atoms with Crippen molar-refractivity contribution in [1.82, 2.24) is 0 Å². The number of ether oxygens (including phenoxy) is 2. The summed E-state index contributed by atoms with van der Waals surface area (Å²) in [5.41, 5.74) is 10.4. The van der Waals surface area contributed by atoms with E-state index in [1.165, 1.54) is 21.7 Å². The molecule has 0 saturated carbocycles. The Hall–Kier alpha value is -1.56. The highest BCUT2D eigenvalue weighted by Crippen LogP contribution is 2.36. The summed E-state index contributed by atoms with van der Waals surface area (Å²) in [5.74, 6) is 0. The van der Waals surface area contributed by atoms with Crippen LogP contribution in [0.1, 0.15) is 5.56 Å². The van der Waals surface area contributed by atoms with Crippen LogP contribution in [0.2, 0.25) is 0 Å². The van der Waals surface area contributed by atoms with E-state index in [1.54, 1.807) is 25.6 Å². The minimum atomic E-state index is 0.678. The second kappa shape index (κ2) is 8.17. The van der Waals surface area contributed by atoms with Crippen molar-refractivity contribution < 1.29 is 9.47 Å². The molecule has 1 aromatic heterocycles. The fraction of sp³-hybridized carbons (Fsp3) is 0.412. The number of hydrogen-bond acceptors (Lipinski definition) is 5. The Kier molecular flexibility index (Phi) is 6.24. The van der Waals surface area contributed by atoms with Crippen molar-refractivity contribution in [2.45, 2.75) is 6.92 Å². The predicted molar refractivity (Wildman–Crippen MR) is 94.9 cm³/mol. The van der Waals surface area contributed by atoms with Gasteiger partial charge in [0.2, 0.25) is 0 Å². The van der Waals surface area contributed by atoms with Crippen LogP contribution in [-0.4, -0.2) is 40.5 Å². The average Bonchev–Trinajstić information content (AvgIpc) is 2.94. The largest absolute Gasteiger partial charge is 0.399 e. The Morgan fingerprint density at radius 2 is 1.77 bits per heavy atom. The SMILES string of the molecule is COCCN(CCOC)c1ccc(N)cc1-c1cc(C)cs1. The Labute approximate surface area is 136 Å². The van der Waals surface area contributed by atoms with E-state index in [0.29, 0.717) is 13.2 Å².